The molecule has 2 aromatic rings. The minimum absolute atomic E-state index is 0.0649. The number of nitrogens with zero attached hydrogens (tertiary/aromatic N) is 1. The Morgan fingerprint density at radius 1 is 0.950 bits per heavy atom. The van der Waals surface area contributed by atoms with Gasteiger partial charge in [0.15, 0.2) is 5.78 Å². The number of Topliss-reactive ketones (excluding diaryl/α,β-unsaturated/α-hetero) is 1. The Labute approximate surface area is 118 Å². The van der Waals surface area contributed by atoms with Crippen molar-refractivity contribution < 1.29 is 9.90 Å². The van der Waals surface area contributed by atoms with Crippen LogP contribution >= 0.6 is 0 Å². The van der Waals surface area contributed by atoms with Gasteiger partial charge in [0.25, 0.3) is 0 Å². The van der Waals surface area contributed by atoms with Crippen molar-refractivity contribution in [3.63, 3.8) is 0 Å². The first kappa shape index (κ1) is 13.9. The second-order valence-electron chi connectivity index (χ2n) is 4.75. The number of carbonyl (C=O) groups is 1. The smallest absolute Gasteiger partial charge is 0.195 e. The third kappa shape index (κ3) is 3.26. The standard InChI is InChI=1S/C17H17NO2/c1-18(2)12-16(13-6-4-3-5-7-13)17(20)14-8-10-15(19)11-9-14/h3-12,19H,1-2H3. The van der Waals surface area contributed by atoms with Crippen LogP contribution < -0.4 is 0 Å². The van der Waals surface area contributed by atoms with E-state index in [-0.39, 0.29) is 11.5 Å². The maximum absolute atomic E-state index is 12.6. The van der Waals surface area contributed by atoms with E-state index < -0.39 is 0 Å². The Balaban J connectivity index is 2.42. The van der Waals surface area contributed by atoms with Crippen LogP contribution in [0.1, 0.15) is 15.9 Å². The molecule has 3 nitrogen and oxygen atoms in total. The van der Waals surface area contributed by atoms with Crippen molar-refractivity contribution >= 4 is 11.4 Å². The van der Waals surface area contributed by atoms with Gasteiger partial charge >= 0.3 is 0 Å². The number of hydrogen-bond donors (Lipinski definition) is 1. The van der Waals surface area contributed by atoms with Crippen molar-refractivity contribution in [2.24, 2.45) is 0 Å². The van der Waals surface area contributed by atoms with Gasteiger partial charge in [0.1, 0.15) is 5.75 Å². The molecular formula is C17H17NO2. The van der Waals surface area contributed by atoms with Crippen LogP contribution in [0.3, 0.4) is 0 Å². The Morgan fingerprint density at radius 3 is 2.10 bits per heavy atom. The highest BCUT2D eigenvalue weighted by atomic mass is 16.3. The molecule has 102 valence electrons. The molecule has 0 aliphatic rings. The van der Waals surface area contributed by atoms with Crippen molar-refractivity contribution in [3.05, 3.63) is 71.9 Å². The summed E-state index contributed by atoms with van der Waals surface area (Å²) >= 11 is 0. The van der Waals surface area contributed by atoms with E-state index in [1.807, 2.05) is 55.5 Å². The average molecular weight is 267 g/mol. The summed E-state index contributed by atoms with van der Waals surface area (Å²) in [6.07, 6.45) is 1.81. The van der Waals surface area contributed by atoms with Crippen LogP contribution in [0.4, 0.5) is 0 Å². The van der Waals surface area contributed by atoms with E-state index in [1.54, 1.807) is 12.1 Å². The highest BCUT2D eigenvalue weighted by Crippen LogP contribution is 2.21. The molecule has 0 spiro atoms. The molecule has 2 rings (SSSR count). The zero-order valence-corrected chi connectivity index (χ0v) is 11.6. The van der Waals surface area contributed by atoms with Gasteiger partial charge in [-0.05, 0) is 29.8 Å². The molecule has 0 aliphatic heterocycles. The Kier molecular flexibility index (Phi) is 4.20. The van der Waals surface area contributed by atoms with E-state index in [0.29, 0.717) is 11.1 Å². The fourth-order valence-electron chi connectivity index (χ4n) is 1.91. The first-order valence-electron chi connectivity index (χ1n) is 6.35. The van der Waals surface area contributed by atoms with Gasteiger partial charge in [-0.25, -0.2) is 0 Å². The van der Waals surface area contributed by atoms with E-state index in [0.717, 1.165) is 5.56 Å². The van der Waals surface area contributed by atoms with Crippen molar-refractivity contribution in [3.8, 4) is 5.75 Å². The van der Waals surface area contributed by atoms with Gasteiger partial charge in [-0.1, -0.05) is 30.3 Å². The maximum atomic E-state index is 12.6. The van der Waals surface area contributed by atoms with E-state index in [4.69, 9.17) is 0 Å². The lowest BCUT2D eigenvalue weighted by Gasteiger charge is -2.12. The lowest BCUT2D eigenvalue weighted by molar-refractivity contribution is 0.105. The van der Waals surface area contributed by atoms with Gasteiger partial charge in [-0.2, -0.15) is 0 Å². The molecule has 0 radical (unpaired) electrons. The van der Waals surface area contributed by atoms with Crippen LogP contribution in [0.2, 0.25) is 0 Å². The summed E-state index contributed by atoms with van der Waals surface area (Å²) < 4.78 is 0. The molecular weight excluding hydrogens is 250 g/mol. The van der Waals surface area contributed by atoms with Crippen LogP contribution in [0.25, 0.3) is 5.57 Å². The van der Waals surface area contributed by atoms with Crippen LogP contribution in [-0.4, -0.2) is 29.9 Å². The molecule has 2 aromatic carbocycles. The second-order valence-corrected chi connectivity index (χ2v) is 4.75. The lowest BCUT2D eigenvalue weighted by Crippen LogP contribution is -2.09. The largest absolute Gasteiger partial charge is 0.508 e. The van der Waals surface area contributed by atoms with Crippen molar-refractivity contribution in [2.45, 2.75) is 0 Å². The summed E-state index contributed by atoms with van der Waals surface area (Å²) in [5, 5.41) is 9.31. The van der Waals surface area contributed by atoms with Gasteiger partial charge in [-0.3, -0.25) is 4.79 Å². The maximum Gasteiger partial charge on any atom is 0.195 e. The van der Waals surface area contributed by atoms with Crippen molar-refractivity contribution in [1.29, 1.82) is 0 Å². The molecule has 0 aliphatic carbocycles. The number of benzene rings is 2. The molecule has 0 fully saturated rings. The van der Waals surface area contributed by atoms with Crippen molar-refractivity contribution in [2.75, 3.05) is 14.1 Å². The Bertz CT molecular complexity index is 613. The summed E-state index contributed by atoms with van der Waals surface area (Å²) in [6.45, 7) is 0. The monoisotopic (exact) mass is 267 g/mol. The van der Waals surface area contributed by atoms with Gasteiger partial charge in [0, 0.05) is 31.4 Å². The second kappa shape index (κ2) is 6.06. The number of phenols is 1. The average Bonchev–Trinajstić information content (AvgIpc) is 2.45. The summed E-state index contributed by atoms with van der Waals surface area (Å²) in [4.78, 5) is 14.5. The van der Waals surface area contributed by atoms with E-state index >= 15 is 0 Å². The van der Waals surface area contributed by atoms with Crippen LogP contribution in [-0.2, 0) is 0 Å². The Morgan fingerprint density at radius 2 is 1.55 bits per heavy atom. The molecule has 0 aromatic heterocycles. The predicted octanol–water partition coefficient (Wildman–Crippen LogP) is 3.18. The number of hydrogen-bond acceptors (Lipinski definition) is 3. The lowest BCUT2D eigenvalue weighted by atomic mass is 9.97. The van der Waals surface area contributed by atoms with E-state index in [2.05, 4.69) is 0 Å². The summed E-state index contributed by atoms with van der Waals surface area (Å²) in [6, 6.07) is 15.8. The molecule has 0 unspecified atom stereocenters. The molecule has 1 N–H and O–H groups in total. The van der Waals surface area contributed by atoms with Crippen LogP contribution in [0, 0.1) is 0 Å². The fraction of sp³-hybridized carbons (Fsp3) is 0.118. The SMILES string of the molecule is CN(C)C=C(C(=O)c1ccc(O)cc1)c1ccccc1. The number of ketones is 1. The van der Waals surface area contributed by atoms with Gasteiger partial charge in [0.2, 0.25) is 0 Å². The first-order chi connectivity index (χ1) is 9.58. The molecule has 0 amide bonds. The fourth-order valence-corrected chi connectivity index (χ4v) is 1.91. The van der Waals surface area contributed by atoms with Gasteiger partial charge < -0.3 is 10.0 Å². The molecule has 0 atom stereocenters. The van der Waals surface area contributed by atoms with E-state index in [1.165, 1.54) is 12.1 Å². The number of aromatic hydroxyl groups is 1. The normalized spacial score (nSPS) is 11.2. The summed E-state index contributed by atoms with van der Waals surface area (Å²) in [5.41, 5.74) is 2.06. The minimum Gasteiger partial charge on any atom is -0.508 e. The van der Waals surface area contributed by atoms with Crippen LogP contribution in [0.5, 0.6) is 5.75 Å². The number of phenolic OH excluding ortho intramolecular Hbond substituents is 1. The molecule has 3 heteroatoms. The van der Waals surface area contributed by atoms with E-state index in [9.17, 15) is 9.90 Å². The molecule has 0 bridgehead atoms. The topological polar surface area (TPSA) is 40.5 Å². The highest BCUT2D eigenvalue weighted by Gasteiger charge is 2.14. The number of rotatable bonds is 4. The third-order valence-corrected chi connectivity index (χ3v) is 2.85. The summed E-state index contributed by atoms with van der Waals surface area (Å²) in [7, 11) is 3.76. The minimum atomic E-state index is -0.0649. The van der Waals surface area contributed by atoms with Gasteiger partial charge in [0.05, 0.1) is 0 Å². The first-order valence-corrected chi connectivity index (χ1v) is 6.35. The predicted molar refractivity (Wildman–Crippen MR) is 80.5 cm³/mol. The number of carbonyl (C=O) groups excluding carboxylic acids is 1. The number of allylic oxidation sites excluding steroid dienone is 1. The molecule has 20 heavy (non-hydrogen) atoms. The highest BCUT2D eigenvalue weighted by molar-refractivity contribution is 6.28. The molecule has 0 saturated heterocycles. The van der Waals surface area contributed by atoms with Crippen LogP contribution in [0.15, 0.2) is 60.8 Å². The van der Waals surface area contributed by atoms with Gasteiger partial charge in [-0.15, -0.1) is 0 Å². The summed E-state index contributed by atoms with van der Waals surface area (Å²) in [5.74, 6) is 0.0873. The zero-order chi connectivity index (χ0) is 14.5. The Hall–Kier alpha value is -2.55. The van der Waals surface area contributed by atoms with Crippen molar-refractivity contribution in [1.82, 2.24) is 4.90 Å². The quantitative estimate of drug-likeness (QED) is 0.683. The zero-order valence-electron chi connectivity index (χ0n) is 11.6. The molecule has 0 heterocycles. The molecule has 0 saturated carbocycles. The third-order valence-electron chi connectivity index (χ3n) is 2.85.